The molecular formula is C15H21N5O2. The van der Waals surface area contributed by atoms with Gasteiger partial charge in [0, 0.05) is 30.6 Å². The van der Waals surface area contributed by atoms with Crippen molar-refractivity contribution in [3.63, 3.8) is 0 Å². The highest BCUT2D eigenvalue weighted by atomic mass is 16.5. The van der Waals surface area contributed by atoms with Crippen LogP contribution in [0.1, 0.15) is 12.8 Å². The highest BCUT2D eigenvalue weighted by Crippen LogP contribution is 2.28. The van der Waals surface area contributed by atoms with Gasteiger partial charge in [-0.25, -0.2) is 4.98 Å². The van der Waals surface area contributed by atoms with E-state index in [0.717, 1.165) is 24.2 Å². The van der Waals surface area contributed by atoms with Gasteiger partial charge in [-0.05, 0) is 32.0 Å². The molecule has 0 aromatic carbocycles. The van der Waals surface area contributed by atoms with Crippen LogP contribution >= 0.6 is 0 Å². The lowest BCUT2D eigenvalue weighted by Crippen LogP contribution is -2.46. The predicted octanol–water partition coefficient (Wildman–Crippen LogP) is 0.558. The highest BCUT2D eigenvalue weighted by molar-refractivity contribution is 5.65. The number of aliphatic hydroxyl groups is 1. The number of ether oxygens (including phenoxy) is 1. The Balaban J connectivity index is 1.75. The first-order chi connectivity index (χ1) is 10.6. The summed E-state index contributed by atoms with van der Waals surface area (Å²) in [5.74, 6) is 0.818. The summed E-state index contributed by atoms with van der Waals surface area (Å²) in [6.07, 6.45) is 6.69. The third-order valence-corrected chi connectivity index (χ3v) is 3.95. The first-order valence-electron chi connectivity index (χ1n) is 7.36. The maximum absolute atomic E-state index is 10.5. The van der Waals surface area contributed by atoms with Gasteiger partial charge in [0.1, 0.15) is 12.2 Å². The summed E-state index contributed by atoms with van der Waals surface area (Å²) in [7, 11) is 1.86. The van der Waals surface area contributed by atoms with Gasteiger partial charge < -0.3 is 20.9 Å². The SMILES string of the molecule is Cn1cc(-c2cnc(N)c(OCC3(O)CCNCC3)c2)cn1. The maximum Gasteiger partial charge on any atom is 0.166 e. The molecule has 0 bridgehead atoms. The van der Waals surface area contributed by atoms with Gasteiger partial charge in [-0.1, -0.05) is 0 Å². The average molecular weight is 303 g/mol. The van der Waals surface area contributed by atoms with Crippen molar-refractivity contribution in [3.8, 4) is 16.9 Å². The van der Waals surface area contributed by atoms with E-state index < -0.39 is 5.60 Å². The summed E-state index contributed by atoms with van der Waals surface area (Å²) in [6.45, 7) is 1.81. The van der Waals surface area contributed by atoms with Crippen molar-refractivity contribution >= 4 is 5.82 Å². The second-order valence-corrected chi connectivity index (χ2v) is 5.77. The van der Waals surface area contributed by atoms with E-state index in [1.54, 1.807) is 17.1 Å². The Hall–Kier alpha value is -2.12. The molecule has 0 unspecified atom stereocenters. The first kappa shape index (κ1) is 14.8. The molecule has 2 aromatic rings. The number of nitrogens with zero attached hydrogens (tertiary/aromatic N) is 3. The molecule has 1 aliphatic heterocycles. The van der Waals surface area contributed by atoms with E-state index in [2.05, 4.69) is 15.4 Å². The molecule has 2 aromatic heterocycles. The van der Waals surface area contributed by atoms with Crippen LogP contribution in [0.4, 0.5) is 5.82 Å². The minimum atomic E-state index is -0.804. The quantitative estimate of drug-likeness (QED) is 0.763. The standard InChI is InChI=1S/C15H21N5O2/c1-20-9-12(8-19-20)11-6-13(14(16)18-7-11)22-10-15(21)2-4-17-5-3-15/h6-9,17,21H,2-5,10H2,1H3,(H2,16,18). The third kappa shape index (κ3) is 3.20. The second-order valence-electron chi connectivity index (χ2n) is 5.77. The van der Waals surface area contributed by atoms with Crippen molar-refractivity contribution in [1.82, 2.24) is 20.1 Å². The van der Waals surface area contributed by atoms with Crippen LogP contribution in [0.15, 0.2) is 24.7 Å². The number of nitrogens with two attached hydrogens (primary N) is 1. The number of nitrogen functional groups attached to an aromatic ring is 1. The highest BCUT2D eigenvalue weighted by Gasteiger charge is 2.30. The van der Waals surface area contributed by atoms with E-state index in [4.69, 9.17) is 10.5 Å². The largest absolute Gasteiger partial charge is 0.487 e. The monoisotopic (exact) mass is 303 g/mol. The fourth-order valence-electron chi connectivity index (χ4n) is 2.55. The molecule has 0 amide bonds. The van der Waals surface area contributed by atoms with Crippen molar-refractivity contribution in [3.05, 3.63) is 24.7 Å². The van der Waals surface area contributed by atoms with Crippen LogP contribution in [-0.4, -0.2) is 45.2 Å². The van der Waals surface area contributed by atoms with Crippen LogP contribution in [0, 0.1) is 0 Å². The van der Waals surface area contributed by atoms with Crippen molar-refractivity contribution in [2.75, 3.05) is 25.4 Å². The van der Waals surface area contributed by atoms with E-state index >= 15 is 0 Å². The van der Waals surface area contributed by atoms with E-state index in [-0.39, 0.29) is 6.61 Å². The van der Waals surface area contributed by atoms with Gasteiger partial charge in [0.05, 0.1) is 6.20 Å². The Morgan fingerprint density at radius 1 is 1.36 bits per heavy atom. The Morgan fingerprint density at radius 3 is 2.82 bits per heavy atom. The number of anilines is 1. The molecule has 0 saturated carbocycles. The Labute approximate surface area is 129 Å². The maximum atomic E-state index is 10.5. The molecule has 3 rings (SSSR count). The molecule has 1 aliphatic rings. The summed E-state index contributed by atoms with van der Waals surface area (Å²) in [5.41, 5.74) is 6.91. The van der Waals surface area contributed by atoms with E-state index in [1.807, 2.05) is 19.3 Å². The normalized spacial score (nSPS) is 17.4. The number of aromatic nitrogens is 3. The number of hydrogen-bond donors (Lipinski definition) is 3. The third-order valence-electron chi connectivity index (χ3n) is 3.95. The lowest BCUT2D eigenvalue weighted by molar-refractivity contribution is -0.0284. The average Bonchev–Trinajstić information content (AvgIpc) is 2.94. The number of pyridine rings is 1. The summed E-state index contributed by atoms with van der Waals surface area (Å²) >= 11 is 0. The van der Waals surface area contributed by atoms with Crippen LogP contribution in [-0.2, 0) is 7.05 Å². The molecule has 3 heterocycles. The fraction of sp³-hybridized carbons (Fsp3) is 0.467. The van der Waals surface area contributed by atoms with Gasteiger partial charge in [0.25, 0.3) is 0 Å². The lowest BCUT2D eigenvalue weighted by atomic mass is 9.93. The Morgan fingerprint density at radius 2 is 2.14 bits per heavy atom. The molecule has 1 fully saturated rings. The molecule has 0 aliphatic carbocycles. The van der Waals surface area contributed by atoms with Crippen molar-refractivity contribution in [2.45, 2.75) is 18.4 Å². The first-order valence-corrected chi connectivity index (χ1v) is 7.36. The van der Waals surface area contributed by atoms with Crippen molar-refractivity contribution in [2.24, 2.45) is 7.05 Å². The topological polar surface area (TPSA) is 98.2 Å². The van der Waals surface area contributed by atoms with E-state index in [1.165, 1.54) is 0 Å². The van der Waals surface area contributed by atoms with Crippen LogP contribution in [0.5, 0.6) is 5.75 Å². The van der Waals surface area contributed by atoms with E-state index in [9.17, 15) is 5.11 Å². The zero-order valence-corrected chi connectivity index (χ0v) is 12.6. The number of rotatable bonds is 4. The molecule has 0 radical (unpaired) electrons. The molecule has 22 heavy (non-hydrogen) atoms. The number of aryl methyl sites for hydroxylation is 1. The molecule has 118 valence electrons. The van der Waals surface area contributed by atoms with Gasteiger partial charge in [-0.2, -0.15) is 5.10 Å². The Bertz CT molecular complexity index is 649. The molecule has 1 saturated heterocycles. The van der Waals surface area contributed by atoms with Crippen LogP contribution in [0.3, 0.4) is 0 Å². The van der Waals surface area contributed by atoms with Crippen molar-refractivity contribution < 1.29 is 9.84 Å². The van der Waals surface area contributed by atoms with Crippen LogP contribution in [0.25, 0.3) is 11.1 Å². The molecule has 0 spiro atoms. The van der Waals surface area contributed by atoms with Gasteiger partial charge in [0.15, 0.2) is 11.6 Å². The van der Waals surface area contributed by atoms with E-state index in [0.29, 0.717) is 24.4 Å². The molecular weight excluding hydrogens is 282 g/mol. The van der Waals surface area contributed by atoms with Gasteiger partial charge in [-0.3, -0.25) is 4.68 Å². The molecule has 4 N–H and O–H groups in total. The summed E-state index contributed by atoms with van der Waals surface area (Å²) in [5, 5.41) is 17.8. The predicted molar refractivity (Wildman–Crippen MR) is 83.4 cm³/mol. The summed E-state index contributed by atoms with van der Waals surface area (Å²) in [6, 6.07) is 1.84. The van der Waals surface area contributed by atoms with Crippen LogP contribution in [0.2, 0.25) is 0 Å². The van der Waals surface area contributed by atoms with Gasteiger partial charge in [-0.15, -0.1) is 0 Å². The number of piperidine rings is 1. The second kappa shape index (κ2) is 5.94. The minimum absolute atomic E-state index is 0.219. The summed E-state index contributed by atoms with van der Waals surface area (Å²) in [4.78, 5) is 4.17. The smallest absolute Gasteiger partial charge is 0.166 e. The minimum Gasteiger partial charge on any atom is -0.487 e. The summed E-state index contributed by atoms with van der Waals surface area (Å²) < 4.78 is 7.48. The number of nitrogens with one attached hydrogen (secondary N) is 1. The lowest BCUT2D eigenvalue weighted by Gasteiger charge is -2.32. The zero-order valence-electron chi connectivity index (χ0n) is 12.6. The number of hydrogen-bond acceptors (Lipinski definition) is 6. The van der Waals surface area contributed by atoms with Crippen molar-refractivity contribution in [1.29, 1.82) is 0 Å². The van der Waals surface area contributed by atoms with Crippen LogP contribution < -0.4 is 15.8 Å². The molecule has 7 heteroatoms. The zero-order chi connectivity index (χ0) is 15.6. The fourth-order valence-corrected chi connectivity index (χ4v) is 2.55. The molecule has 0 atom stereocenters. The Kier molecular flexibility index (Phi) is 4.00. The van der Waals surface area contributed by atoms with Gasteiger partial charge in [0.2, 0.25) is 0 Å². The molecule has 7 nitrogen and oxygen atoms in total. The van der Waals surface area contributed by atoms with Gasteiger partial charge >= 0.3 is 0 Å².